The molecule has 1 aliphatic heterocycles. The van der Waals surface area contributed by atoms with Gasteiger partial charge in [-0.15, -0.1) is 11.8 Å². The molecule has 1 heterocycles. The van der Waals surface area contributed by atoms with Gasteiger partial charge in [0.25, 0.3) is 0 Å². The maximum atomic E-state index is 9.22. The van der Waals surface area contributed by atoms with Crippen molar-refractivity contribution in [2.45, 2.75) is 11.0 Å². The molecule has 18 heavy (non-hydrogen) atoms. The predicted molar refractivity (Wildman–Crippen MR) is 74.0 cm³/mol. The van der Waals surface area contributed by atoms with E-state index in [1.807, 2.05) is 24.5 Å². The molecule has 0 spiro atoms. The third kappa shape index (κ3) is 3.16. The Morgan fingerprint density at radius 1 is 1.61 bits per heavy atom. The SMILES string of the molecule is CSc1cccc(NCC2CNCCO2)c1C#N. The summed E-state index contributed by atoms with van der Waals surface area (Å²) in [6.07, 6.45) is 2.15. The zero-order valence-corrected chi connectivity index (χ0v) is 11.2. The van der Waals surface area contributed by atoms with E-state index in [-0.39, 0.29) is 6.10 Å². The maximum Gasteiger partial charge on any atom is 0.102 e. The van der Waals surface area contributed by atoms with E-state index in [0.29, 0.717) is 5.56 Å². The highest BCUT2D eigenvalue weighted by molar-refractivity contribution is 7.98. The first-order valence-corrected chi connectivity index (χ1v) is 7.21. The van der Waals surface area contributed by atoms with Crippen molar-refractivity contribution in [1.82, 2.24) is 5.32 Å². The number of morpholine rings is 1. The molecule has 1 fully saturated rings. The summed E-state index contributed by atoms with van der Waals surface area (Å²) < 4.78 is 5.62. The Morgan fingerprint density at radius 2 is 2.50 bits per heavy atom. The van der Waals surface area contributed by atoms with Gasteiger partial charge in [-0.05, 0) is 18.4 Å². The number of rotatable bonds is 4. The highest BCUT2D eigenvalue weighted by Crippen LogP contribution is 2.26. The van der Waals surface area contributed by atoms with Crippen molar-refractivity contribution in [3.05, 3.63) is 23.8 Å². The van der Waals surface area contributed by atoms with Gasteiger partial charge < -0.3 is 15.4 Å². The van der Waals surface area contributed by atoms with Gasteiger partial charge in [0, 0.05) is 24.5 Å². The summed E-state index contributed by atoms with van der Waals surface area (Å²) in [6.45, 7) is 3.25. The van der Waals surface area contributed by atoms with Crippen LogP contribution in [0, 0.1) is 11.3 Å². The molecule has 96 valence electrons. The molecule has 5 heteroatoms. The lowest BCUT2D eigenvalue weighted by molar-refractivity contribution is 0.0372. The normalized spacial score (nSPS) is 19.2. The van der Waals surface area contributed by atoms with Crippen LogP contribution in [-0.4, -0.2) is 38.6 Å². The second kappa shape index (κ2) is 6.64. The minimum absolute atomic E-state index is 0.170. The van der Waals surface area contributed by atoms with Gasteiger partial charge in [-0.1, -0.05) is 6.07 Å². The van der Waals surface area contributed by atoms with Crippen molar-refractivity contribution in [2.75, 3.05) is 37.8 Å². The van der Waals surface area contributed by atoms with Crippen LogP contribution in [0.15, 0.2) is 23.1 Å². The summed E-state index contributed by atoms with van der Waals surface area (Å²) in [5.74, 6) is 0. The monoisotopic (exact) mass is 263 g/mol. The summed E-state index contributed by atoms with van der Waals surface area (Å²) in [5.41, 5.74) is 1.60. The number of hydrogen-bond acceptors (Lipinski definition) is 5. The van der Waals surface area contributed by atoms with Gasteiger partial charge in [-0.25, -0.2) is 0 Å². The van der Waals surface area contributed by atoms with Crippen LogP contribution in [0.5, 0.6) is 0 Å². The van der Waals surface area contributed by atoms with E-state index in [9.17, 15) is 5.26 Å². The molecule has 0 radical (unpaired) electrons. The Kier molecular flexibility index (Phi) is 4.88. The van der Waals surface area contributed by atoms with Crippen LogP contribution in [0.2, 0.25) is 0 Å². The van der Waals surface area contributed by atoms with Crippen LogP contribution in [0.1, 0.15) is 5.56 Å². The van der Waals surface area contributed by atoms with E-state index in [4.69, 9.17) is 4.74 Å². The second-order valence-electron chi connectivity index (χ2n) is 4.07. The Bertz CT molecular complexity index is 438. The molecule has 1 aromatic carbocycles. The highest BCUT2D eigenvalue weighted by atomic mass is 32.2. The Balaban J connectivity index is 2.02. The number of hydrogen-bond donors (Lipinski definition) is 2. The molecule has 0 aliphatic carbocycles. The van der Waals surface area contributed by atoms with Gasteiger partial charge in [0.15, 0.2) is 0 Å². The fraction of sp³-hybridized carbons (Fsp3) is 0.462. The molecule has 0 aromatic heterocycles. The lowest BCUT2D eigenvalue weighted by Crippen LogP contribution is -2.42. The summed E-state index contributed by atoms with van der Waals surface area (Å²) in [4.78, 5) is 1.00. The minimum Gasteiger partial charge on any atom is -0.381 e. The Morgan fingerprint density at radius 3 is 3.17 bits per heavy atom. The molecule has 4 nitrogen and oxygen atoms in total. The van der Waals surface area contributed by atoms with E-state index < -0.39 is 0 Å². The lowest BCUT2D eigenvalue weighted by Gasteiger charge is -2.24. The molecule has 0 saturated carbocycles. The van der Waals surface area contributed by atoms with E-state index in [1.165, 1.54) is 0 Å². The predicted octanol–water partition coefficient (Wildman–Crippen LogP) is 1.68. The number of thioether (sulfide) groups is 1. The summed E-state index contributed by atoms with van der Waals surface area (Å²) in [7, 11) is 0. The highest BCUT2D eigenvalue weighted by Gasteiger charge is 2.14. The fourth-order valence-corrected chi connectivity index (χ4v) is 2.51. The number of nitrogens with zero attached hydrogens (tertiary/aromatic N) is 1. The van der Waals surface area contributed by atoms with Crippen LogP contribution in [-0.2, 0) is 4.74 Å². The van der Waals surface area contributed by atoms with E-state index in [2.05, 4.69) is 16.7 Å². The van der Waals surface area contributed by atoms with Gasteiger partial charge in [0.1, 0.15) is 6.07 Å². The van der Waals surface area contributed by atoms with Crippen molar-refractivity contribution < 1.29 is 4.74 Å². The largest absolute Gasteiger partial charge is 0.381 e. The van der Waals surface area contributed by atoms with Gasteiger partial charge >= 0.3 is 0 Å². The summed E-state index contributed by atoms with van der Waals surface area (Å²) in [6, 6.07) is 8.13. The molecule has 2 N–H and O–H groups in total. The standard InChI is InChI=1S/C13H17N3OS/c1-18-13-4-2-3-12(11(13)7-14)16-9-10-8-15-5-6-17-10/h2-4,10,15-16H,5-6,8-9H2,1H3. The summed E-state index contributed by atoms with van der Waals surface area (Å²) >= 11 is 1.59. The van der Waals surface area contributed by atoms with Gasteiger partial charge in [0.2, 0.25) is 0 Å². The molecule has 2 rings (SSSR count). The number of benzene rings is 1. The van der Waals surface area contributed by atoms with Gasteiger partial charge in [-0.2, -0.15) is 5.26 Å². The third-order valence-electron chi connectivity index (χ3n) is 2.88. The van der Waals surface area contributed by atoms with Gasteiger partial charge in [0.05, 0.1) is 24.0 Å². The number of ether oxygens (including phenoxy) is 1. The molecule has 1 atom stereocenters. The van der Waals surface area contributed by atoms with E-state index in [1.54, 1.807) is 11.8 Å². The zero-order valence-electron chi connectivity index (χ0n) is 10.4. The first-order valence-electron chi connectivity index (χ1n) is 5.98. The first-order chi connectivity index (χ1) is 8.85. The maximum absolute atomic E-state index is 9.22. The van der Waals surface area contributed by atoms with Crippen molar-refractivity contribution in [1.29, 1.82) is 5.26 Å². The van der Waals surface area contributed by atoms with Crippen LogP contribution in [0.25, 0.3) is 0 Å². The molecule has 1 aromatic rings. The van der Waals surface area contributed by atoms with Crippen molar-refractivity contribution >= 4 is 17.4 Å². The average molecular weight is 263 g/mol. The first kappa shape index (κ1) is 13.2. The van der Waals surface area contributed by atoms with Crippen LogP contribution in [0.4, 0.5) is 5.69 Å². The molecular formula is C13H17N3OS. The number of anilines is 1. The zero-order chi connectivity index (χ0) is 12.8. The van der Waals surface area contributed by atoms with E-state index in [0.717, 1.165) is 36.8 Å². The van der Waals surface area contributed by atoms with Gasteiger partial charge in [-0.3, -0.25) is 0 Å². The quantitative estimate of drug-likeness (QED) is 0.809. The minimum atomic E-state index is 0.170. The lowest BCUT2D eigenvalue weighted by atomic mass is 10.2. The molecule has 0 amide bonds. The van der Waals surface area contributed by atoms with Crippen molar-refractivity contribution in [3.63, 3.8) is 0 Å². The fourth-order valence-electron chi connectivity index (χ4n) is 1.94. The molecular weight excluding hydrogens is 246 g/mol. The Hall–Kier alpha value is -1.22. The number of nitrogens with one attached hydrogen (secondary N) is 2. The summed E-state index contributed by atoms with van der Waals surface area (Å²) in [5, 5.41) is 15.8. The third-order valence-corrected chi connectivity index (χ3v) is 3.66. The number of nitriles is 1. The topological polar surface area (TPSA) is 57.1 Å². The second-order valence-corrected chi connectivity index (χ2v) is 4.92. The van der Waals surface area contributed by atoms with Crippen LogP contribution in [0.3, 0.4) is 0 Å². The molecule has 1 unspecified atom stereocenters. The molecule has 1 saturated heterocycles. The smallest absolute Gasteiger partial charge is 0.102 e. The van der Waals surface area contributed by atoms with Crippen molar-refractivity contribution in [3.8, 4) is 6.07 Å². The molecule has 1 aliphatic rings. The van der Waals surface area contributed by atoms with E-state index >= 15 is 0 Å². The van der Waals surface area contributed by atoms with Crippen LogP contribution >= 0.6 is 11.8 Å². The van der Waals surface area contributed by atoms with Crippen molar-refractivity contribution in [2.24, 2.45) is 0 Å². The molecule has 0 bridgehead atoms. The Labute approximate surface area is 112 Å². The van der Waals surface area contributed by atoms with Crippen LogP contribution < -0.4 is 10.6 Å². The average Bonchev–Trinajstić information content (AvgIpc) is 2.45.